The lowest BCUT2D eigenvalue weighted by atomic mass is 9.92. The van der Waals surface area contributed by atoms with Crippen LogP contribution in [0, 0.1) is 6.92 Å². The van der Waals surface area contributed by atoms with Crippen molar-refractivity contribution in [2.45, 2.75) is 39.2 Å². The molecule has 104 valence electrons. The molecule has 3 heteroatoms. The number of fused-ring (bicyclic) bond motifs is 1. The Hall–Kier alpha value is -1.87. The van der Waals surface area contributed by atoms with Crippen molar-refractivity contribution < 1.29 is 4.74 Å². The van der Waals surface area contributed by atoms with Crippen LogP contribution in [-0.2, 0) is 19.4 Å². The molecular formula is C17H20N2O. The number of nitrogens with zero attached hydrogens (tertiary/aromatic N) is 1. The average molecular weight is 268 g/mol. The lowest BCUT2D eigenvalue weighted by molar-refractivity contribution is 0.454. The fourth-order valence-corrected chi connectivity index (χ4v) is 2.79. The Bertz CT molecular complexity index is 622. The number of benzene rings is 1. The third kappa shape index (κ3) is 2.54. The van der Waals surface area contributed by atoms with Crippen molar-refractivity contribution in [2.24, 2.45) is 5.73 Å². The van der Waals surface area contributed by atoms with Gasteiger partial charge in [0.2, 0.25) is 5.88 Å². The molecule has 1 aliphatic rings. The van der Waals surface area contributed by atoms with Crippen molar-refractivity contribution in [2.75, 3.05) is 0 Å². The van der Waals surface area contributed by atoms with E-state index in [0.717, 1.165) is 23.3 Å². The number of rotatable bonds is 3. The van der Waals surface area contributed by atoms with Crippen molar-refractivity contribution in [3.8, 4) is 11.6 Å². The lowest BCUT2D eigenvalue weighted by Crippen LogP contribution is -2.05. The highest BCUT2D eigenvalue weighted by atomic mass is 16.5. The molecular weight excluding hydrogens is 248 g/mol. The van der Waals surface area contributed by atoms with Crippen molar-refractivity contribution in [1.82, 2.24) is 4.98 Å². The van der Waals surface area contributed by atoms with Gasteiger partial charge in [-0.05, 0) is 67.5 Å². The molecule has 0 saturated heterocycles. The van der Waals surface area contributed by atoms with Crippen LogP contribution in [0.2, 0.25) is 0 Å². The number of ether oxygens (including phenoxy) is 1. The van der Waals surface area contributed by atoms with Crippen LogP contribution >= 0.6 is 0 Å². The molecule has 0 spiro atoms. The SMILES string of the molecule is Cc1ccnc(Oc2ccc3c(c2)CCCC3)c1CN. The van der Waals surface area contributed by atoms with E-state index in [2.05, 4.69) is 17.1 Å². The van der Waals surface area contributed by atoms with E-state index in [0.29, 0.717) is 12.4 Å². The summed E-state index contributed by atoms with van der Waals surface area (Å²) in [5.41, 5.74) is 10.8. The maximum atomic E-state index is 5.96. The maximum Gasteiger partial charge on any atom is 0.223 e. The van der Waals surface area contributed by atoms with Gasteiger partial charge < -0.3 is 10.5 Å². The van der Waals surface area contributed by atoms with Crippen LogP contribution in [0.5, 0.6) is 11.6 Å². The Morgan fingerprint density at radius 3 is 2.75 bits per heavy atom. The Morgan fingerprint density at radius 2 is 1.95 bits per heavy atom. The highest BCUT2D eigenvalue weighted by molar-refractivity contribution is 5.41. The van der Waals surface area contributed by atoms with Gasteiger partial charge in [0, 0.05) is 18.3 Å². The van der Waals surface area contributed by atoms with E-state index in [1.54, 1.807) is 6.20 Å². The normalized spacial score (nSPS) is 13.9. The Balaban J connectivity index is 1.90. The first-order chi connectivity index (χ1) is 9.78. The maximum absolute atomic E-state index is 5.96. The highest BCUT2D eigenvalue weighted by Gasteiger charge is 2.12. The molecule has 0 unspecified atom stereocenters. The van der Waals surface area contributed by atoms with E-state index in [1.165, 1.54) is 30.4 Å². The zero-order valence-corrected chi connectivity index (χ0v) is 11.9. The first kappa shape index (κ1) is 13.1. The third-order valence-corrected chi connectivity index (χ3v) is 3.99. The molecule has 2 N–H and O–H groups in total. The zero-order chi connectivity index (χ0) is 13.9. The summed E-state index contributed by atoms with van der Waals surface area (Å²) in [7, 11) is 0. The Kier molecular flexibility index (Phi) is 3.70. The van der Waals surface area contributed by atoms with Gasteiger partial charge in [-0.15, -0.1) is 0 Å². The lowest BCUT2D eigenvalue weighted by Gasteiger charge is -2.17. The van der Waals surface area contributed by atoms with Gasteiger partial charge in [0.25, 0.3) is 0 Å². The molecule has 3 rings (SSSR count). The summed E-state index contributed by atoms with van der Waals surface area (Å²) in [6.07, 6.45) is 6.67. The Morgan fingerprint density at radius 1 is 1.15 bits per heavy atom. The number of hydrogen-bond donors (Lipinski definition) is 1. The molecule has 0 saturated carbocycles. The second-order valence-electron chi connectivity index (χ2n) is 5.36. The average Bonchev–Trinajstić information content (AvgIpc) is 2.47. The van der Waals surface area contributed by atoms with Crippen molar-refractivity contribution >= 4 is 0 Å². The second kappa shape index (κ2) is 5.63. The summed E-state index contributed by atoms with van der Waals surface area (Å²) in [5.74, 6) is 1.49. The molecule has 1 aromatic heterocycles. The van der Waals surface area contributed by atoms with Crippen LogP contribution in [-0.4, -0.2) is 4.98 Å². The predicted molar refractivity (Wildman–Crippen MR) is 80.0 cm³/mol. The molecule has 0 amide bonds. The number of pyridine rings is 1. The first-order valence-electron chi connectivity index (χ1n) is 7.22. The number of aryl methyl sites for hydroxylation is 3. The molecule has 0 aliphatic heterocycles. The predicted octanol–water partition coefficient (Wildman–Crippen LogP) is 3.52. The number of aromatic nitrogens is 1. The van der Waals surface area contributed by atoms with Crippen molar-refractivity contribution in [3.05, 3.63) is 52.7 Å². The molecule has 2 aromatic rings. The fourth-order valence-electron chi connectivity index (χ4n) is 2.79. The quantitative estimate of drug-likeness (QED) is 0.926. The molecule has 0 radical (unpaired) electrons. The standard InChI is InChI=1S/C17H20N2O/c1-12-8-9-19-17(16(12)11-18)20-15-7-6-13-4-2-3-5-14(13)10-15/h6-10H,2-5,11,18H2,1H3. The molecule has 0 fully saturated rings. The van der Waals surface area contributed by atoms with Gasteiger partial charge in [-0.25, -0.2) is 4.98 Å². The molecule has 3 nitrogen and oxygen atoms in total. The van der Waals surface area contributed by atoms with E-state index in [1.807, 2.05) is 19.1 Å². The van der Waals surface area contributed by atoms with E-state index in [4.69, 9.17) is 10.5 Å². The monoisotopic (exact) mass is 268 g/mol. The van der Waals surface area contributed by atoms with Crippen LogP contribution in [0.25, 0.3) is 0 Å². The third-order valence-electron chi connectivity index (χ3n) is 3.99. The molecule has 1 aliphatic carbocycles. The minimum atomic E-state index is 0.444. The summed E-state index contributed by atoms with van der Waals surface area (Å²) in [6, 6.07) is 8.33. The highest BCUT2D eigenvalue weighted by Crippen LogP contribution is 2.29. The summed E-state index contributed by atoms with van der Waals surface area (Å²) in [6.45, 7) is 2.48. The molecule has 20 heavy (non-hydrogen) atoms. The first-order valence-corrected chi connectivity index (χ1v) is 7.22. The smallest absolute Gasteiger partial charge is 0.223 e. The van der Waals surface area contributed by atoms with Gasteiger partial charge in [0.15, 0.2) is 0 Å². The molecule has 1 heterocycles. The zero-order valence-electron chi connectivity index (χ0n) is 11.9. The van der Waals surface area contributed by atoms with Gasteiger partial charge in [0.1, 0.15) is 5.75 Å². The molecule has 0 atom stereocenters. The fraction of sp³-hybridized carbons (Fsp3) is 0.353. The van der Waals surface area contributed by atoms with Crippen LogP contribution in [0.3, 0.4) is 0 Å². The number of hydrogen-bond acceptors (Lipinski definition) is 3. The molecule has 1 aromatic carbocycles. The topological polar surface area (TPSA) is 48.1 Å². The van der Waals surface area contributed by atoms with Crippen LogP contribution in [0.4, 0.5) is 0 Å². The van der Waals surface area contributed by atoms with E-state index >= 15 is 0 Å². The van der Waals surface area contributed by atoms with E-state index in [9.17, 15) is 0 Å². The summed E-state index contributed by atoms with van der Waals surface area (Å²) >= 11 is 0. The van der Waals surface area contributed by atoms with Gasteiger partial charge in [-0.2, -0.15) is 0 Å². The van der Waals surface area contributed by atoms with Gasteiger partial charge in [0.05, 0.1) is 0 Å². The van der Waals surface area contributed by atoms with Crippen LogP contribution < -0.4 is 10.5 Å². The van der Waals surface area contributed by atoms with Crippen LogP contribution in [0.1, 0.15) is 35.1 Å². The largest absolute Gasteiger partial charge is 0.439 e. The number of nitrogens with two attached hydrogens (primary N) is 1. The minimum absolute atomic E-state index is 0.444. The second-order valence-corrected chi connectivity index (χ2v) is 5.36. The van der Waals surface area contributed by atoms with Crippen LogP contribution in [0.15, 0.2) is 30.5 Å². The van der Waals surface area contributed by atoms with E-state index in [-0.39, 0.29) is 0 Å². The Labute approximate surface area is 119 Å². The van der Waals surface area contributed by atoms with Crippen molar-refractivity contribution in [3.63, 3.8) is 0 Å². The molecule has 0 bridgehead atoms. The van der Waals surface area contributed by atoms with E-state index < -0.39 is 0 Å². The van der Waals surface area contributed by atoms with Crippen molar-refractivity contribution in [1.29, 1.82) is 0 Å². The summed E-state index contributed by atoms with van der Waals surface area (Å²) < 4.78 is 5.96. The van der Waals surface area contributed by atoms with Gasteiger partial charge >= 0.3 is 0 Å². The van der Waals surface area contributed by atoms with Gasteiger partial charge in [-0.1, -0.05) is 6.07 Å². The summed E-state index contributed by atoms with van der Waals surface area (Å²) in [5, 5.41) is 0. The summed E-state index contributed by atoms with van der Waals surface area (Å²) in [4.78, 5) is 4.32. The minimum Gasteiger partial charge on any atom is -0.439 e. The van der Waals surface area contributed by atoms with Gasteiger partial charge in [-0.3, -0.25) is 0 Å².